The van der Waals surface area contributed by atoms with Crippen LogP contribution in [0.2, 0.25) is 5.02 Å². The Bertz CT molecular complexity index is 568. The number of nitrogens with one attached hydrogen (secondary N) is 1. The lowest BCUT2D eigenvalue weighted by Gasteiger charge is -2.06. The van der Waals surface area contributed by atoms with Gasteiger partial charge in [0.05, 0.1) is 10.7 Å². The van der Waals surface area contributed by atoms with Gasteiger partial charge < -0.3 is 5.32 Å². The van der Waals surface area contributed by atoms with Crippen molar-refractivity contribution in [3.63, 3.8) is 0 Å². The fraction of sp³-hybridized carbons (Fsp3) is 0.308. The highest BCUT2D eigenvalue weighted by molar-refractivity contribution is 7.15. The van der Waals surface area contributed by atoms with Crippen molar-refractivity contribution in [3.05, 3.63) is 39.6 Å². The molecular formula is C13H14ClFN2S. The molecule has 0 saturated heterocycles. The minimum absolute atomic E-state index is 0.128. The number of hydrogen-bond donors (Lipinski definition) is 1. The van der Waals surface area contributed by atoms with E-state index in [1.807, 2.05) is 14.0 Å². The molecule has 2 aromatic rings. The van der Waals surface area contributed by atoms with Crippen LogP contribution in [0.3, 0.4) is 0 Å². The van der Waals surface area contributed by atoms with Gasteiger partial charge in [0.1, 0.15) is 10.8 Å². The van der Waals surface area contributed by atoms with Crippen LogP contribution in [-0.4, -0.2) is 12.0 Å². The highest BCUT2D eigenvalue weighted by atomic mass is 35.5. The average molecular weight is 285 g/mol. The van der Waals surface area contributed by atoms with Crippen LogP contribution in [-0.2, 0) is 0 Å². The van der Waals surface area contributed by atoms with E-state index in [1.165, 1.54) is 10.9 Å². The first kappa shape index (κ1) is 13.5. The van der Waals surface area contributed by atoms with Crippen molar-refractivity contribution in [1.82, 2.24) is 10.3 Å². The normalized spacial score (nSPS) is 12.7. The number of hydrogen-bond acceptors (Lipinski definition) is 3. The molecule has 1 heterocycles. The fourth-order valence-electron chi connectivity index (χ4n) is 1.69. The molecule has 1 atom stereocenters. The van der Waals surface area contributed by atoms with E-state index in [0.717, 1.165) is 16.3 Å². The van der Waals surface area contributed by atoms with Crippen LogP contribution in [0.25, 0.3) is 10.6 Å². The Morgan fingerprint density at radius 3 is 2.78 bits per heavy atom. The van der Waals surface area contributed by atoms with Crippen molar-refractivity contribution in [2.45, 2.75) is 19.9 Å². The van der Waals surface area contributed by atoms with E-state index in [-0.39, 0.29) is 11.1 Å². The molecule has 5 heteroatoms. The quantitative estimate of drug-likeness (QED) is 0.914. The number of nitrogens with zero attached hydrogens (tertiary/aromatic N) is 1. The lowest BCUT2D eigenvalue weighted by molar-refractivity contribution is 0.628. The van der Waals surface area contributed by atoms with Crippen LogP contribution < -0.4 is 5.32 Å². The molecule has 0 aliphatic carbocycles. The average Bonchev–Trinajstić information content (AvgIpc) is 2.74. The molecule has 0 aliphatic heterocycles. The second-order valence-electron chi connectivity index (χ2n) is 4.11. The smallest absolute Gasteiger partial charge is 0.141 e. The molecule has 0 saturated carbocycles. The van der Waals surface area contributed by atoms with Crippen molar-refractivity contribution in [2.75, 3.05) is 7.05 Å². The van der Waals surface area contributed by atoms with Crippen molar-refractivity contribution in [1.29, 1.82) is 0 Å². The van der Waals surface area contributed by atoms with Gasteiger partial charge in [-0.2, -0.15) is 0 Å². The SMILES string of the molecule is CNC(C)c1sc(-c2ccc(F)c(Cl)c2)nc1C. The molecule has 0 aliphatic rings. The van der Waals surface area contributed by atoms with E-state index in [1.54, 1.807) is 23.5 Å². The summed E-state index contributed by atoms with van der Waals surface area (Å²) in [5.41, 5.74) is 1.85. The van der Waals surface area contributed by atoms with Crippen LogP contribution in [0.4, 0.5) is 4.39 Å². The lowest BCUT2D eigenvalue weighted by Crippen LogP contribution is -2.11. The summed E-state index contributed by atoms with van der Waals surface area (Å²) in [6.45, 7) is 4.07. The summed E-state index contributed by atoms with van der Waals surface area (Å²) in [6.07, 6.45) is 0. The number of benzene rings is 1. The standard InChI is InChI=1S/C13H14ClFN2S/c1-7(16-3)12-8(2)17-13(18-12)9-4-5-11(15)10(14)6-9/h4-7,16H,1-3H3. The largest absolute Gasteiger partial charge is 0.312 e. The molecule has 18 heavy (non-hydrogen) atoms. The molecule has 0 bridgehead atoms. The predicted octanol–water partition coefficient (Wildman–Crippen LogP) is 4.19. The Labute approximate surface area is 115 Å². The minimum Gasteiger partial charge on any atom is -0.312 e. The summed E-state index contributed by atoms with van der Waals surface area (Å²) < 4.78 is 13.1. The third kappa shape index (κ3) is 2.55. The maximum Gasteiger partial charge on any atom is 0.141 e. The Morgan fingerprint density at radius 1 is 1.44 bits per heavy atom. The van der Waals surface area contributed by atoms with Crippen LogP contribution in [0.15, 0.2) is 18.2 Å². The Balaban J connectivity index is 2.42. The lowest BCUT2D eigenvalue weighted by atomic mass is 10.2. The Hall–Kier alpha value is -0.970. The number of halogens is 2. The molecule has 1 aromatic heterocycles. The fourth-order valence-corrected chi connectivity index (χ4v) is 3.00. The first-order valence-corrected chi connectivity index (χ1v) is 6.82. The van der Waals surface area contributed by atoms with Crippen LogP contribution in [0.1, 0.15) is 23.5 Å². The second-order valence-corrected chi connectivity index (χ2v) is 5.55. The van der Waals surface area contributed by atoms with E-state index in [2.05, 4.69) is 17.2 Å². The van der Waals surface area contributed by atoms with E-state index in [0.29, 0.717) is 0 Å². The van der Waals surface area contributed by atoms with Gasteiger partial charge in [-0.05, 0) is 39.1 Å². The van der Waals surface area contributed by atoms with Gasteiger partial charge in [0.15, 0.2) is 0 Å². The third-order valence-corrected chi connectivity index (χ3v) is 4.50. The highest BCUT2D eigenvalue weighted by Gasteiger charge is 2.14. The van der Waals surface area contributed by atoms with Gasteiger partial charge in [0.2, 0.25) is 0 Å². The first-order valence-electron chi connectivity index (χ1n) is 5.63. The van der Waals surface area contributed by atoms with Crippen LogP contribution in [0.5, 0.6) is 0 Å². The van der Waals surface area contributed by atoms with Gasteiger partial charge in [-0.3, -0.25) is 0 Å². The molecule has 1 N–H and O–H groups in total. The Morgan fingerprint density at radius 2 is 2.17 bits per heavy atom. The third-order valence-electron chi connectivity index (χ3n) is 2.83. The van der Waals surface area contributed by atoms with Gasteiger partial charge in [0.25, 0.3) is 0 Å². The predicted molar refractivity (Wildman–Crippen MR) is 74.7 cm³/mol. The summed E-state index contributed by atoms with van der Waals surface area (Å²) in [5, 5.41) is 4.19. The summed E-state index contributed by atoms with van der Waals surface area (Å²) in [7, 11) is 1.91. The molecule has 0 fully saturated rings. The second kappa shape index (κ2) is 5.34. The number of thiazole rings is 1. The van der Waals surface area contributed by atoms with Crippen molar-refractivity contribution < 1.29 is 4.39 Å². The molecule has 1 unspecified atom stereocenters. The monoisotopic (exact) mass is 284 g/mol. The summed E-state index contributed by atoms with van der Waals surface area (Å²) >= 11 is 7.39. The van der Waals surface area contributed by atoms with E-state index in [9.17, 15) is 4.39 Å². The molecule has 0 spiro atoms. The Kier molecular flexibility index (Phi) is 4.00. The maximum absolute atomic E-state index is 13.1. The van der Waals surface area contributed by atoms with Crippen molar-refractivity contribution in [2.24, 2.45) is 0 Å². The number of rotatable bonds is 3. The van der Waals surface area contributed by atoms with Gasteiger partial charge in [-0.1, -0.05) is 11.6 Å². The van der Waals surface area contributed by atoms with Crippen molar-refractivity contribution in [3.8, 4) is 10.6 Å². The first-order chi connectivity index (χ1) is 8.52. The van der Waals surface area contributed by atoms with Gasteiger partial charge in [-0.15, -0.1) is 11.3 Å². The highest BCUT2D eigenvalue weighted by Crippen LogP contribution is 2.33. The van der Waals surface area contributed by atoms with Crippen LogP contribution >= 0.6 is 22.9 Å². The molecular weight excluding hydrogens is 271 g/mol. The zero-order valence-electron chi connectivity index (χ0n) is 10.4. The molecule has 2 nitrogen and oxygen atoms in total. The van der Waals surface area contributed by atoms with E-state index < -0.39 is 5.82 Å². The number of aromatic nitrogens is 1. The van der Waals surface area contributed by atoms with Crippen molar-refractivity contribution >= 4 is 22.9 Å². The van der Waals surface area contributed by atoms with Crippen LogP contribution in [0, 0.1) is 12.7 Å². The molecule has 96 valence electrons. The molecule has 0 radical (unpaired) electrons. The topological polar surface area (TPSA) is 24.9 Å². The van der Waals surface area contributed by atoms with E-state index >= 15 is 0 Å². The number of aryl methyl sites for hydroxylation is 1. The van der Waals surface area contributed by atoms with Gasteiger partial charge >= 0.3 is 0 Å². The summed E-state index contributed by atoms with van der Waals surface area (Å²) in [5.74, 6) is -0.405. The maximum atomic E-state index is 13.1. The molecule has 1 aromatic carbocycles. The zero-order valence-corrected chi connectivity index (χ0v) is 12.0. The minimum atomic E-state index is -0.405. The zero-order chi connectivity index (χ0) is 13.3. The molecule has 2 rings (SSSR count). The van der Waals surface area contributed by atoms with E-state index in [4.69, 9.17) is 11.6 Å². The summed E-state index contributed by atoms with van der Waals surface area (Å²) in [4.78, 5) is 5.71. The van der Waals surface area contributed by atoms with Gasteiger partial charge in [0, 0.05) is 16.5 Å². The van der Waals surface area contributed by atoms with Gasteiger partial charge in [-0.25, -0.2) is 9.37 Å². The molecule has 0 amide bonds. The summed E-state index contributed by atoms with van der Waals surface area (Å²) in [6, 6.07) is 4.94.